The van der Waals surface area contributed by atoms with Gasteiger partial charge in [0, 0.05) is 32.7 Å². The number of ether oxygens (including phenoxy) is 1. The summed E-state index contributed by atoms with van der Waals surface area (Å²) in [4.78, 5) is 26.0. The second kappa shape index (κ2) is 6.71. The lowest BCUT2D eigenvalue weighted by Gasteiger charge is -2.33. The highest BCUT2D eigenvalue weighted by molar-refractivity contribution is 5.86. The van der Waals surface area contributed by atoms with Gasteiger partial charge in [-0.2, -0.15) is 0 Å². The molecule has 23 heavy (non-hydrogen) atoms. The molecule has 1 aromatic rings. The fourth-order valence-corrected chi connectivity index (χ4v) is 3.70. The Morgan fingerprint density at radius 3 is 2.52 bits per heavy atom. The van der Waals surface area contributed by atoms with Crippen molar-refractivity contribution in [1.82, 2.24) is 4.90 Å². The topological polar surface area (TPSA) is 66.8 Å². The molecule has 2 heterocycles. The van der Waals surface area contributed by atoms with Gasteiger partial charge in [-0.25, -0.2) is 0 Å². The fraction of sp³-hybridized carbons (Fsp3) is 0.556. The van der Waals surface area contributed by atoms with Crippen LogP contribution in [0.4, 0.5) is 0 Å². The Morgan fingerprint density at radius 1 is 1.17 bits per heavy atom. The summed E-state index contributed by atoms with van der Waals surface area (Å²) < 4.78 is 5.42. The van der Waals surface area contributed by atoms with E-state index in [4.69, 9.17) is 4.74 Å². The molecule has 0 radical (unpaired) electrons. The highest BCUT2D eigenvalue weighted by Crippen LogP contribution is 2.40. The predicted octanol–water partition coefficient (Wildman–Crippen LogP) is 2.27. The van der Waals surface area contributed by atoms with Crippen molar-refractivity contribution in [2.24, 2.45) is 5.41 Å². The van der Waals surface area contributed by atoms with Gasteiger partial charge >= 0.3 is 5.97 Å². The summed E-state index contributed by atoms with van der Waals surface area (Å²) >= 11 is 0. The first kappa shape index (κ1) is 16.0. The summed E-state index contributed by atoms with van der Waals surface area (Å²) in [7, 11) is 0. The number of benzene rings is 1. The van der Waals surface area contributed by atoms with Crippen molar-refractivity contribution >= 4 is 11.9 Å². The van der Waals surface area contributed by atoms with Crippen LogP contribution in [0.2, 0.25) is 0 Å². The van der Waals surface area contributed by atoms with Crippen molar-refractivity contribution in [2.75, 3.05) is 26.3 Å². The number of carbonyl (C=O) groups is 2. The summed E-state index contributed by atoms with van der Waals surface area (Å²) in [5, 5.41) is 9.47. The average molecular weight is 317 g/mol. The van der Waals surface area contributed by atoms with Crippen LogP contribution in [0.1, 0.15) is 37.2 Å². The van der Waals surface area contributed by atoms with E-state index in [-0.39, 0.29) is 17.7 Å². The number of likely N-dealkylation sites (tertiary alicyclic amines) is 1. The average Bonchev–Trinajstić information content (AvgIpc) is 2.97. The maximum atomic E-state index is 12.6. The Balaban J connectivity index is 1.65. The van der Waals surface area contributed by atoms with Gasteiger partial charge < -0.3 is 14.7 Å². The van der Waals surface area contributed by atoms with Gasteiger partial charge in [-0.15, -0.1) is 0 Å². The lowest BCUT2D eigenvalue weighted by Crippen LogP contribution is -2.36. The van der Waals surface area contributed by atoms with E-state index in [9.17, 15) is 14.7 Å². The van der Waals surface area contributed by atoms with Crippen molar-refractivity contribution in [3.05, 3.63) is 35.9 Å². The van der Waals surface area contributed by atoms with Crippen molar-refractivity contribution in [3.8, 4) is 0 Å². The summed E-state index contributed by atoms with van der Waals surface area (Å²) in [6.45, 7) is 3.02. The number of nitrogens with zero attached hydrogens (tertiary/aromatic N) is 1. The smallest absolute Gasteiger partial charge is 0.311 e. The zero-order valence-electron chi connectivity index (χ0n) is 13.2. The van der Waals surface area contributed by atoms with Gasteiger partial charge in [-0.3, -0.25) is 9.59 Å². The monoisotopic (exact) mass is 317 g/mol. The third kappa shape index (κ3) is 3.55. The molecule has 0 bridgehead atoms. The van der Waals surface area contributed by atoms with Gasteiger partial charge in [0.05, 0.1) is 5.92 Å². The molecule has 2 fully saturated rings. The number of hydrogen-bond donors (Lipinski definition) is 1. The standard InChI is InChI=1S/C18H23NO4/c20-16(12-15(17(21)22)14-4-2-1-3-5-14)19-9-6-18(13-19)7-10-23-11-8-18/h1-5,15H,6-13H2,(H,21,22). The van der Waals surface area contributed by atoms with E-state index >= 15 is 0 Å². The largest absolute Gasteiger partial charge is 0.481 e. The molecule has 2 aliphatic heterocycles. The van der Waals surface area contributed by atoms with Gasteiger partial charge in [-0.1, -0.05) is 30.3 Å². The molecule has 1 atom stereocenters. The highest BCUT2D eigenvalue weighted by atomic mass is 16.5. The third-order valence-electron chi connectivity index (χ3n) is 5.22. The lowest BCUT2D eigenvalue weighted by molar-refractivity contribution is -0.142. The molecule has 1 amide bonds. The lowest BCUT2D eigenvalue weighted by atomic mass is 9.80. The zero-order chi connectivity index (χ0) is 16.3. The maximum Gasteiger partial charge on any atom is 0.311 e. The van der Waals surface area contributed by atoms with E-state index < -0.39 is 11.9 Å². The summed E-state index contributed by atoms with van der Waals surface area (Å²) in [6, 6.07) is 9.01. The van der Waals surface area contributed by atoms with E-state index in [2.05, 4.69) is 0 Å². The van der Waals surface area contributed by atoms with Crippen molar-refractivity contribution < 1.29 is 19.4 Å². The van der Waals surface area contributed by atoms with Crippen LogP contribution in [0.3, 0.4) is 0 Å². The molecule has 5 heteroatoms. The first-order chi connectivity index (χ1) is 11.1. The Morgan fingerprint density at radius 2 is 1.87 bits per heavy atom. The highest BCUT2D eigenvalue weighted by Gasteiger charge is 2.41. The Kier molecular flexibility index (Phi) is 4.66. The number of hydrogen-bond acceptors (Lipinski definition) is 3. The molecule has 1 N–H and O–H groups in total. The van der Waals surface area contributed by atoms with Crippen LogP contribution in [0.5, 0.6) is 0 Å². The fourth-order valence-electron chi connectivity index (χ4n) is 3.70. The van der Waals surface area contributed by atoms with Crippen LogP contribution in [0.25, 0.3) is 0 Å². The van der Waals surface area contributed by atoms with Gasteiger partial charge in [0.15, 0.2) is 0 Å². The first-order valence-electron chi connectivity index (χ1n) is 8.23. The van der Waals surface area contributed by atoms with E-state index in [1.54, 1.807) is 12.1 Å². The number of rotatable bonds is 4. The third-order valence-corrected chi connectivity index (χ3v) is 5.22. The molecule has 1 spiro atoms. The molecule has 0 aromatic heterocycles. The van der Waals surface area contributed by atoms with Crippen LogP contribution in [-0.2, 0) is 14.3 Å². The predicted molar refractivity (Wildman–Crippen MR) is 85.1 cm³/mol. The normalized spacial score (nSPS) is 21.3. The van der Waals surface area contributed by atoms with E-state index in [1.807, 2.05) is 23.1 Å². The van der Waals surface area contributed by atoms with Crippen LogP contribution in [-0.4, -0.2) is 48.2 Å². The van der Waals surface area contributed by atoms with Crippen molar-refractivity contribution in [3.63, 3.8) is 0 Å². The maximum absolute atomic E-state index is 12.6. The van der Waals surface area contributed by atoms with Crippen molar-refractivity contribution in [1.29, 1.82) is 0 Å². The Bertz CT molecular complexity index is 566. The van der Waals surface area contributed by atoms with E-state index in [0.29, 0.717) is 5.56 Å². The van der Waals surface area contributed by atoms with Gasteiger partial charge in [0.25, 0.3) is 0 Å². The molecular formula is C18H23NO4. The molecular weight excluding hydrogens is 294 g/mol. The van der Waals surface area contributed by atoms with Crippen molar-refractivity contribution in [2.45, 2.75) is 31.6 Å². The number of carbonyl (C=O) groups excluding carboxylic acids is 1. The quantitative estimate of drug-likeness (QED) is 0.925. The number of carboxylic acid groups (broad SMARTS) is 1. The Hall–Kier alpha value is -1.88. The molecule has 124 valence electrons. The minimum absolute atomic E-state index is 0.0337. The second-order valence-corrected chi connectivity index (χ2v) is 6.68. The Labute approximate surface area is 136 Å². The number of carboxylic acids is 1. The number of aliphatic carboxylic acids is 1. The summed E-state index contributed by atoms with van der Waals surface area (Å²) in [5.41, 5.74) is 0.882. The molecule has 1 aromatic carbocycles. The van der Waals surface area contributed by atoms with Crippen LogP contribution >= 0.6 is 0 Å². The molecule has 0 saturated carbocycles. The van der Waals surface area contributed by atoms with Crippen LogP contribution in [0, 0.1) is 5.41 Å². The second-order valence-electron chi connectivity index (χ2n) is 6.68. The molecule has 0 aliphatic carbocycles. The SMILES string of the molecule is O=C(O)C(CC(=O)N1CCC2(CCOCC2)C1)c1ccccc1. The first-order valence-corrected chi connectivity index (χ1v) is 8.23. The minimum atomic E-state index is -0.940. The molecule has 3 rings (SSSR count). The molecule has 2 saturated heterocycles. The molecule has 1 unspecified atom stereocenters. The minimum Gasteiger partial charge on any atom is -0.481 e. The van der Waals surface area contributed by atoms with Crippen LogP contribution in [0.15, 0.2) is 30.3 Å². The van der Waals surface area contributed by atoms with Gasteiger partial charge in [0.2, 0.25) is 5.91 Å². The van der Waals surface area contributed by atoms with Gasteiger partial charge in [-0.05, 0) is 30.2 Å². The van der Waals surface area contributed by atoms with E-state index in [1.165, 1.54) is 0 Å². The summed E-state index contributed by atoms with van der Waals surface area (Å²) in [6.07, 6.45) is 3.03. The van der Waals surface area contributed by atoms with E-state index in [0.717, 1.165) is 45.6 Å². The number of amides is 1. The molecule has 5 nitrogen and oxygen atoms in total. The van der Waals surface area contributed by atoms with Crippen LogP contribution < -0.4 is 0 Å². The summed E-state index contributed by atoms with van der Waals surface area (Å²) in [5.74, 6) is -1.76. The van der Waals surface area contributed by atoms with Gasteiger partial charge in [0.1, 0.15) is 0 Å². The zero-order valence-corrected chi connectivity index (χ0v) is 13.2. The molecule has 2 aliphatic rings.